The van der Waals surface area contributed by atoms with Crippen molar-refractivity contribution in [3.63, 3.8) is 0 Å². The van der Waals surface area contributed by atoms with E-state index >= 15 is 0 Å². The summed E-state index contributed by atoms with van der Waals surface area (Å²) in [4.78, 5) is 16.1. The zero-order valence-corrected chi connectivity index (χ0v) is 14.8. The second-order valence-electron chi connectivity index (χ2n) is 7.64. The van der Waals surface area contributed by atoms with Gasteiger partial charge in [0.2, 0.25) is 5.91 Å². The number of nitrogens with one attached hydrogen (secondary N) is 1. The van der Waals surface area contributed by atoms with Crippen LogP contribution in [0.3, 0.4) is 0 Å². The minimum absolute atomic E-state index is 0.217. The first kappa shape index (κ1) is 17.7. The molecule has 1 atom stereocenters. The summed E-state index contributed by atoms with van der Waals surface area (Å²) in [5, 5.41) is 3.65. The molecule has 0 bridgehead atoms. The van der Waals surface area contributed by atoms with Crippen molar-refractivity contribution in [2.24, 2.45) is 5.92 Å². The second kappa shape index (κ2) is 8.88. The summed E-state index contributed by atoms with van der Waals surface area (Å²) in [6.45, 7) is 5.90. The van der Waals surface area contributed by atoms with Crippen LogP contribution >= 0.6 is 0 Å². The van der Waals surface area contributed by atoms with E-state index in [1.54, 1.807) is 4.90 Å². The third-order valence-electron chi connectivity index (χ3n) is 5.33. The average Bonchev–Trinajstić information content (AvgIpc) is 2.50. The molecule has 0 spiro atoms. The van der Waals surface area contributed by atoms with Crippen molar-refractivity contribution in [3.8, 4) is 0 Å². The van der Waals surface area contributed by atoms with Crippen molar-refractivity contribution < 1.29 is 4.79 Å². The number of nitrogens with zero attached hydrogens (tertiary/aromatic N) is 2. The number of hydrogen-bond donors (Lipinski definition) is 1. The fraction of sp³-hybridized carbons (Fsp3) is 0.944. The van der Waals surface area contributed by atoms with Gasteiger partial charge in [-0.3, -0.25) is 4.79 Å². The topological polar surface area (TPSA) is 35.6 Å². The molecule has 1 saturated heterocycles. The van der Waals surface area contributed by atoms with Crippen LogP contribution < -0.4 is 5.32 Å². The lowest BCUT2D eigenvalue weighted by Gasteiger charge is -2.36. The van der Waals surface area contributed by atoms with Crippen LogP contribution in [-0.4, -0.2) is 61.5 Å². The highest BCUT2D eigenvalue weighted by molar-refractivity contribution is 5.76. The molecule has 0 aromatic heterocycles. The monoisotopic (exact) mass is 309 g/mol. The predicted molar refractivity (Wildman–Crippen MR) is 91.9 cm³/mol. The fourth-order valence-corrected chi connectivity index (χ4v) is 3.92. The molecule has 128 valence electrons. The number of hydrogen-bond acceptors (Lipinski definition) is 3. The standard InChI is InChI=1S/C18H35N3O/c1-15(13-18(22)20(2)3)19-17-9-11-21(12-10-17)14-16-7-5-4-6-8-16/h15-17,19H,4-14H2,1-3H3/t15-/m1/s1. The minimum atomic E-state index is 0.217. The second-order valence-corrected chi connectivity index (χ2v) is 7.64. The molecule has 1 saturated carbocycles. The van der Waals surface area contributed by atoms with Gasteiger partial charge < -0.3 is 15.1 Å². The number of amides is 1. The summed E-state index contributed by atoms with van der Waals surface area (Å²) >= 11 is 0. The van der Waals surface area contributed by atoms with Gasteiger partial charge in [-0.05, 0) is 51.6 Å². The fourth-order valence-electron chi connectivity index (χ4n) is 3.92. The van der Waals surface area contributed by atoms with Gasteiger partial charge in [-0.25, -0.2) is 0 Å². The summed E-state index contributed by atoms with van der Waals surface area (Å²) in [6.07, 6.45) is 10.3. The smallest absolute Gasteiger partial charge is 0.223 e. The van der Waals surface area contributed by atoms with Gasteiger partial charge in [0, 0.05) is 39.1 Å². The molecule has 2 rings (SSSR count). The van der Waals surface area contributed by atoms with Gasteiger partial charge >= 0.3 is 0 Å². The molecule has 0 radical (unpaired) electrons. The summed E-state index contributed by atoms with van der Waals surface area (Å²) in [5.74, 6) is 1.17. The van der Waals surface area contributed by atoms with Gasteiger partial charge in [-0.1, -0.05) is 19.3 Å². The van der Waals surface area contributed by atoms with E-state index in [2.05, 4.69) is 17.1 Å². The van der Waals surface area contributed by atoms with Gasteiger partial charge in [0.25, 0.3) is 0 Å². The van der Waals surface area contributed by atoms with E-state index in [0.29, 0.717) is 12.5 Å². The van der Waals surface area contributed by atoms with Crippen molar-refractivity contribution in [2.75, 3.05) is 33.7 Å². The lowest BCUT2D eigenvalue weighted by atomic mass is 9.88. The average molecular weight is 309 g/mol. The van der Waals surface area contributed by atoms with Crippen molar-refractivity contribution >= 4 is 5.91 Å². The molecule has 4 heteroatoms. The molecule has 1 heterocycles. The third-order valence-corrected chi connectivity index (χ3v) is 5.33. The van der Waals surface area contributed by atoms with E-state index in [1.807, 2.05) is 14.1 Å². The van der Waals surface area contributed by atoms with Gasteiger partial charge in [0.15, 0.2) is 0 Å². The van der Waals surface area contributed by atoms with Gasteiger partial charge in [0.1, 0.15) is 0 Å². The first-order valence-electron chi connectivity index (χ1n) is 9.23. The first-order valence-corrected chi connectivity index (χ1v) is 9.23. The van der Waals surface area contributed by atoms with E-state index in [4.69, 9.17) is 0 Å². The molecule has 2 fully saturated rings. The van der Waals surface area contributed by atoms with Gasteiger partial charge in [-0.15, -0.1) is 0 Å². The van der Waals surface area contributed by atoms with Crippen molar-refractivity contribution in [3.05, 3.63) is 0 Å². The maximum absolute atomic E-state index is 11.7. The molecule has 1 amide bonds. The van der Waals surface area contributed by atoms with E-state index in [0.717, 1.165) is 5.92 Å². The van der Waals surface area contributed by atoms with E-state index in [-0.39, 0.29) is 11.9 Å². The van der Waals surface area contributed by atoms with Crippen LogP contribution in [0.25, 0.3) is 0 Å². The lowest BCUT2D eigenvalue weighted by Crippen LogP contribution is -2.47. The highest BCUT2D eigenvalue weighted by atomic mass is 16.2. The van der Waals surface area contributed by atoms with Crippen LogP contribution in [0.4, 0.5) is 0 Å². The van der Waals surface area contributed by atoms with Crippen LogP contribution in [0.2, 0.25) is 0 Å². The largest absolute Gasteiger partial charge is 0.349 e. The molecular weight excluding hydrogens is 274 g/mol. The quantitative estimate of drug-likeness (QED) is 0.819. The molecule has 0 unspecified atom stereocenters. The summed E-state index contributed by atoms with van der Waals surface area (Å²) in [7, 11) is 3.66. The highest BCUT2D eigenvalue weighted by Crippen LogP contribution is 2.25. The number of carbonyl (C=O) groups excluding carboxylic acids is 1. The minimum Gasteiger partial charge on any atom is -0.349 e. The van der Waals surface area contributed by atoms with Gasteiger partial charge in [0.05, 0.1) is 0 Å². The van der Waals surface area contributed by atoms with Crippen LogP contribution in [0, 0.1) is 5.92 Å². The number of piperidine rings is 1. The molecule has 4 nitrogen and oxygen atoms in total. The lowest BCUT2D eigenvalue weighted by molar-refractivity contribution is -0.129. The van der Waals surface area contributed by atoms with Gasteiger partial charge in [-0.2, -0.15) is 0 Å². The maximum atomic E-state index is 11.7. The number of carbonyl (C=O) groups is 1. The van der Waals surface area contributed by atoms with E-state index in [9.17, 15) is 4.79 Å². The zero-order chi connectivity index (χ0) is 15.9. The Hall–Kier alpha value is -0.610. The summed E-state index contributed by atoms with van der Waals surface area (Å²) in [6, 6.07) is 0.873. The Labute approximate surface area is 136 Å². The number of likely N-dealkylation sites (tertiary alicyclic amines) is 1. The highest BCUT2D eigenvalue weighted by Gasteiger charge is 2.24. The Bertz CT molecular complexity index is 331. The molecule has 22 heavy (non-hydrogen) atoms. The molecule has 0 aromatic rings. The van der Waals surface area contributed by atoms with Crippen LogP contribution in [0.5, 0.6) is 0 Å². The number of rotatable bonds is 6. The van der Waals surface area contributed by atoms with Crippen molar-refractivity contribution in [2.45, 2.75) is 70.4 Å². The van der Waals surface area contributed by atoms with Crippen LogP contribution in [-0.2, 0) is 4.79 Å². The molecule has 2 aliphatic rings. The summed E-state index contributed by atoms with van der Waals surface area (Å²) < 4.78 is 0. The molecule has 1 aliphatic heterocycles. The third kappa shape index (κ3) is 5.88. The Morgan fingerprint density at radius 2 is 1.77 bits per heavy atom. The normalized spacial score (nSPS) is 23.4. The Morgan fingerprint density at radius 3 is 2.36 bits per heavy atom. The Morgan fingerprint density at radius 1 is 1.14 bits per heavy atom. The predicted octanol–water partition coefficient (Wildman–Crippen LogP) is 2.49. The Kier molecular flexibility index (Phi) is 7.16. The van der Waals surface area contributed by atoms with Crippen molar-refractivity contribution in [1.29, 1.82) is 0 Å². The molecular formula is C18H35N3O. The zero-order valence-electron chi connectivity index (χ0n) is 14.8. The van der Waals surface area contributed by atoms with Crippen LogP contribution in [0.15, 0.2) is 0 Å². The molecule has 1 aliphatic carbocycles. The first-order chi connectivity index (χ1) is 10.5. The SMILES string of the molecule is C[C@H](CC(=O)N(C)C)NC1CCN(CC2CCCCC2)CC1. The Balaban J connectivity index is 1.63. The van der Waals surface area contributed by atoms with E-state index in [1.165, 1.54) is 64.6 Å². The maximum Gasteiger partial charge on any atom is 0.223 e. The van der Waals surface area contributed by atoms with E-state index < -0.39 is 0 Å². The van der Waals surface area contributed by atoms with Crippen LogP contribution in [0.1, 0.15) is 58.3 Å². The van der Waals surface area contributed by atoms with Crippen molar-refractivity contribution in [1.82, 2.24) is 15.1 Å². The molecule has 0 aromatic carbocycles. The molecule has 1 N–H and O–H groups in total. The summed E-state index contributed by atoms with van der Waals surface area (Å²) in [5.41, 5.74) is 0.